The number of hydrogen-bond acceptors (Lipinski definition) is 3. The van der Waals surface area contributed by atoms with Crippen LogP contribution >= 0.6 is 23.2 Å². The van der Waals surface area contributed by atoms with Gasteiger partial charge in [0.1, 0.15) is 0 Å². The fourth-order valence-corrected chi connectivity index (χ4v) is 5.18. The molecule has 1 heterocycles. The van der Waals surface area contributed by atoms with E-state index in [0.29, 0.717) is 0 Å². The molecule has 4 aliphatic rings. The van der Waals surface area contributed by atoms with Gasteiger partial charge < -0.3 is 4.74 Å². The summed E-state index contributed by atoms with van der Waals surface area (Å²) in [7, 11) is 0. The van der Waals surface area contributed by atoms with Gasteiger partial charge in [-0.2, -0.15) is 0 Å². The number of hydrogen-bond donors (Lipinski definition) is 0. The minimum Gasteiger partial charge on any atom is -0.390 e. The van der Waals surface area contributed by atoms with E-state index in [1.807, 2.05) is 0 Å². The van der Waals surface area contributed by atoms with Gasteiger partial charge in [0.05, 0.1) is 0 Å². The molecule has 0 N–H and O–H groups in total. The Morgan fingerprint density at radius 2 is 1.50 bits per heavy atom. The largest absolute Gasteiger partial charge is 0.390 e. The van der Waals surface area contributed by atoms with Crippen molar-refractivity contribution in [2.24, 2.45) is 23.7 Å². The third-order valence-electron chi connectivity index (χ3n) is 4.69. The first kappa shape index (κ1) is 9.49. The second-order valence-electron chi connectivity index (χ2n) is 5.10. The van der Waals surface area contributed by atoms with Gasteiger partial charge in [-0.3, -0.25) is 0 Å². The van der Waals surface area contributed by atoms with Crippen LogP contribution in [0.2, 0.25) is 0 Å². The van der Waals surface area contributed by atoms with Crippen LogP contribution < -0.4 is 0 Å². The molecule has 6 unspecified atom stereocenters. The molecule has 2 bridgehead atoms. The van der Waals surface area contributed by atoms with Crippen molar-refractivity contribution in [2.75, 3.05) is 0 Å². The summed E-state index contributed by atoms with van der Waals surface area (Å²) in [4.78, 5) is 20.8. The standard InChI is InChI=1S/C11H8Cl2O3/c12-10-6-4-1-2-5(3-4)7(6)11(10,13)9(15)16-8(10)14/h1-2,4-7H,3H2. The Hall–Kier alpha value is -0.540. The Balaban J connectivity index is 1.92. The zero-order chi connectivity index (χ0) is 11.3. The molecule has 0 aromatic carbocycles. The maximum atomic E-state index is 11.7. The number of carbonyl (C=O) groups is 2. The number of ether oxygens (including phenoxy) is 1. The molecule has 16 heavy (non-hydrogen) atoms. The molecule has 3 nitrogen and oxygen atoms in total. The number of carbonyl (C=O) groups excluding carboxylic acids is 2. The summed E-state index contributed by atoms with van der Waals surface area (Å²) in [6, 6.07) is 0. The van der Waals surface area contributed by atoms with Crippen LogP contribution in [0.3, 0.4) is 0 Å². The van der Waals surface area contributed by atoms with Crippen molar-refractivity contribution in [3.05, 3.63) is 12.2 Å². The van der Waals surface area contributed by atoms with E-state index in [0.717, 1.165) is 6.42 Å². The lowest BCUT2D eigenvalue weighted by molar-refractivity contribution is -0.152. The number of esters is 2. The maximum Gasteiger partial charge on any atom is 0.337 e. The van der Waals surface area contributed by atoms with Gasteiger partial charge in [-0.1, -0.05) is 12.2 Å². The quantitative estimate of drug-likeness (QED) is 0.286. The molecular weight excluding hydrogens is 251 g/mol. The molecule has 1 saturated heterocycles. The first-order valence-electron chi connectivity index (χ1n) is 5.34. The average molecular weight is 259 g/mol. The molecule has 1 aliphatic heterocycles. The van der Waals surface area contributed by atoms with E-state index in [1.54, 1.807) is 0 Å². The van der Waals surface area contributed by atoms with Gasteiger partial charge in [-0.25, -0.2) is 9.59 Å². The molecule has 0 radical (unpaired) electrons. The Morgan fingerprint density at radius 1 is 1.06 bits per heavy atom. The monoisotopic (exact) mass is 258 g/mol. The molecule has 3 aliphatic carbocycles. The van der Waals surface area contributed by atoms with E-state index in [4.69, 9.17) is 23.2 Å². The predicted molar refractivity (Wildman–Crippen MR) is 56.0 cm³/mol. The van der Waals surface area contributed by atoms with Crippen LogP contribution in [-0.4, -0.2) is 21.7 Å². The number of rotatable bonds is 0. The first-order chi connectivity index (χ1) is 7.51. The normalized spacial score (nSPS) is 60.6. The van der Waals surface area contributed by atoms with Crippen molar-refractivity contribution in [3.8, 4) is 0 Å². The Kier molecular flexibility index (Phi) is 1.39. The van der Waals surface area contributed by atoms with E-state index in [9.17, 15) is 9.59 Å². The third kappa shape index (κ3) is 0.633. The Morgan fingerprint density at radius 3 is 1.94 bits per heavy atom. The average Bonchev–Trinajstić information content (AvgIpc) is 2.86. The van der Waals surface area contributed by atoms with E-state index in [2.05, 4.69) is 16.9 Å². The van der Waals surface area contributed by atoms with Crippen LogP contribution in [-0.2, 0) is 14.3 Å². The van der Waals surface area contributed by atoms with E-state index < -0.39 is 21.7 Å². The lowest BCUT2D eigenvalue weighted by atomic mass is 9.53. The van der Waals surface area contributed by atoms with Crippen molar-refractivity contribution < 1.29 is 14.3 Å². The van der Waals surface area contributed by atoms with Crippen LogP contribution in [0.15, 0.2) is 12.2 Å². The summed E-state index contributed by atoms with van der Waals surface area (Å²) in [5.74, 6) is -0.815. The summed E-state index contributed by atoms with van der Waals surface area (Å²) < 4.78 is 4.65. The molecule has 0 spiro atoms. The van der Waals surface area contributed by atoms with E-state index in [-0.39, 0.29) is 23.7 Å². The van der Waals surface area contributed by atoms with Crippen LogP contribution in [0, 0.1) is 23.7 Å². The molecule has 0 amide bonds. The highest BCUT2D eigenvalue weighted by Crippen LogP contribution is 2.74. The van der Waals surface area contributed by atoms with Gasteiger partial charge >= 0.3 is 11.9 Å². The summed E-state index contributed by atoms with van der Waals surface area (Å²) in [5.41, 5.74) is 0. The zero-order valence-corrected chi connectivity index (χ0v) is 9.66. The van der Waals surface area contributed by atoms with Crippen LogP contribution in [0.4, 0.5) is 0 Å². The highest BCUT2D eigenvalue weighted by molar-refractivity contribution is 6.53. The van der Waals surface area contributed by atoms with Crippen molar-refractivity contribution >= 4 is 35.1 Å². The second kappa shape index (κ2) is 2.34. The van der Waals surface area contributed by atoms with Crippen molar-refractivity contribution in [3.63, 3.8) is 0 Å². The summed E-state index contributed by atoms with van der Waals surface area (Å²) in [6.45, 7) is 0. The van der Waals surface area contributed by atoms with Crippen LogP contribution in [0.25, 0.3) is 0 Å². The molecule has 5 heteroatoms. The minimum absolute atomic E-state index is 0.0272. The Labute approximate surface area is 102 Å². The SMILES string of the molecule is O=C1OC(=O)C2(Cl)C3C4C=CC(C4)C3C12Cl. The van der Waals surface area contributed by atoms with Crippen molar-refractivity contribution in [1.82, 2.24) is 0 Å². The molecule has 4 rings (SSSR count). The summed E-state index contributed by atoms with van der Waals surface area (Å²) in [5, 5.41) is 0. The fourth-order valence-electron chi connectivity index (χ4n) is 4.10. The van der Waals surface area contributed by atoms with Crippen molar-refractivity contribution in [1.29, 1.82) is 0 Å². The summed E-state index contributed by atoms with van der Waals surface area (Å²) >= 11 is 12.7. The molecule has 0 aromatic rings. The van der Waals surface area contributed by atoms with Crippen LogP contribution in [0.5, 0.6) is 0 Å². The minimum atomic E-state index is -1.32. The Bertz CT molecular complexity index is 434. The zero-order valence-electron chi connectivity index (χ0n) is 8.15. The topological polar surface area (TPSA) is 43.4 Å². The van der Waals surface area contributed by atoms with Gasteiger partial charge in [0.2, 0.25) is 0 Å². The van der Waals surface area contributed by atoms with Crippen molar-refractivity contribution in [2.45, 2.75) is 16.2 Å². The summed E-state index contributed by atoms with van der Waals surface area (Å²) in [6.07, 6.45) is 5.13. The number of allylic oxidation sites excluding steroid dienone is 2. The number of alkyl halides is 2. The molecule has 3 fully saturated rings. The lowest BCUT2D eigenvalue weighted by Crippen LogP contribution is -2.72. The molecule has 6 atom stereocenters. The van der Waals surface area contributed by atoms with Crippen LogP contribution in [0.1, 0.15) is 6.42 Å². The molecule has 2 saturated carbocycles. The first-order valence-corrected chi connectivity index (χ1v) is 6.09. The van der Waals surface area contributed by atoms with Gasteiger partial charge in [-0.05, 0) is 18.3 Å². The second-order valence-corrected chi connectivity index (χ2v) is 6.29. The van der Waals surface area contributed by atoms with Gasteiger partial charge in [0.15, 0.2) is 9.75 Å². The maximum absolute atomic E-state index is 11.7. The lowest BCUT2D eigenvalue weighted by Gasteiger charge is -2.55. The van der Waals surface area contributed by atoms with E-state index >= 15 is 0 Å². The fraction of sp³-hybridized carbons (Fsp3) is 0.636. The van der Waals surface area contributed by atoms with Gasteiger partial charge in [-0.15, -0.1) is 23.2 Å². The highest BCUT2D eigenvalue weighted by atomic mass is 35.5. The van der Waals surface area contributed by atoms with Gasteiger partial charge in [0, 0.05) is 11.8 Å². The molecular formula is C11H8Cl2O3. The third-order valence-corrected chi connectivity index (χ3v) is 6.19. The molecule has 0 aromatic heterocycles. The van der Waals surface area contributed by atoms with Gasteiger partial charge in [0.25, 0.3) is 0 Å². The molecule has 84 valence electrons. The highest BCUT2D eigenvalue weighted by Gasteiger charge is 2.87. The smallest absolute Gasteiger partial charge is 0.337 e. The number of halogens is 2. The van der Waals surface area contributed by atoms with E-state index in [1.165, 1.54) is 0 Å². The predicted octanol–water partition coefficient (Wildman–Crippen LogP) is 1.48. The number of fused-ring (bicyclic) bond motifs is 8. The number of cyclic esters (lactones) is 2.